The first-order chi connectivity index (χ1) is 32.0. The molecule has 0 unspecified atom stereocenters. The van der Waals surface area contributed by atoms with Crippen LogP contribution >= 0.6 is 0 Å². The number of hydrogen-bond donors (Lipinski definition) is 1. The van der Waals surface area contributed by atoms with Crippen LogP contribution in [0.5, 0.6) is 0 Å². The minimum absolute atomic E-state index is 0.0133. The first-order valence-electron chi connectivity index (χ1n) is 21.4. The molecule has 330 valence electrons. The van der Waals surface area contributed by atoms with Crippen LogP contribution in [-0.2, 0) is 54.8 Å². The number of ether oxygens (including phenoxy) is 6. The normalized spacial score (nSPS) is 19.4. The van der Waals surface area contributed by atoms with Gasteiger partial charge in [0.1, 0.15) is 30.2 Å². The summed E-state index contributed by atoms with van der Waals surface area (Å²) in [7, 11) is 0. The fraction of sp³-hybridized carbons (Fsp3) is 0.208. The quantitative estimate of drug-likeness (QED) is 0.0836. The average Bonchev–Trinajstić information content (AvgIpc) is 3.47. The molecule has 1 saturated heterocycles. The molecule has 0 saturated carbocycles. The van der Waals surface area contributed by atoms with Gasteiger partial charge in [0.2, 0.25) is 0 Å². The summed E-state index contributed by atoms with van der Waals surface area (Å²) in [6.07, 6.45) is -5.34. The molecule has 2 heterocycles. The third-order valence-corrected chi connectivity index (χ3v) is 10.8. The van der Waals surface area contributed by atoms with Crippen LogP contribution in [0.4, 0.5) is 5.82 Å². The number of nitrogens with zero attached hydrogens (tertiary/aromatic N) is 2. The Labute approximate surface area is 377 Å². The van der Waals surface area contributed by atoms with Gasteiger partial charge in [-0.3, -0.25) is 9.36 Å². The van der Waals surface area contributed by atoms with Crippen molar-refractivity contribution in [1.29, 1.82) is 0 Å². The van der Waals surface area contributed by atoms with Crippen molar-refractivity contribution in [2.75, 3.05) is 11.9 Å². The van der Waals surface area contributed by atoms with Gasteiger partial charge in [0.05, 0.1) is 38.6 Å². The summed E-state index contributed by atoms with van der Waals surface area (Å²) in [5.41, 5.74) is 3.40. The molecule has 1 N–H and O–H groups in total. The zero-order valence-corrected chi connectivity index (χ0v) is 35.5. The van der Waals surface area contributed by atoms with Crippen molar-refractivity contribution >= 4 is 17.7 Å². The van der Waals surface area contributed by atoms with Crippen LogP contribution in [0.2, 0.25) is 0 Å². The zero-order chi connectivity index (χ0) is 44.6. The van der Waals surface area contributed by atoms with Crippen LogP contribution in [0.1, 0.15) is 49.2 Å². The second kappa shape index (κ2) is 22.5. The third kappa shape index (κ3) is 12.1. The lowest BCUT2D eigenvalue weighted by atomic mass is 9.98. The molecule has 1 aliphatic rings. The number of nitrogens with one attached hydrogen (secondary N) is 1. The van der Waals surface area contributed by atoms with Crippen molar-refractivity contribution in [3.05, 3.63) is 238 Å². The highest BCUT2D eigenvalue weighted by Gasteiger charge is 2.52. The number of esters is 1. The molecule has 0 spiro atoms. The second-order valence-corrected chi connectivity index (χ2v) is 15.4. The first-order valence-corrected chi connectivity index (χ1v) is 21.4. The standard InChI is InChI=1S/C53H49N3O9/c57-50(42-27-15-5-16-28-42)54-45-31-32-56(53(59)55-45)51-49(65-52(58)43-29-17-6-18-30-43)48(63-36-41-25-13-4-14-26-41)47(62-35-40-23-11-3-12-24-40)46(61-34-39-21-9-2-10-22-39)44(64-51)37-60-33-38-19-7-1-8-20-38/h1-32,44,46-49,51H,33-37H2,(H,54,55,57,59)/t44-,46+,47+,48-,49-,51-/m1/s1. The van der Waals surface area contributed by atoms with E-state index in [9.17, 15) is 14.4 Å². The number of rotatable bonds is 18. The fourth-order valence-electron chi connectivity index (χ4n) is 7.53. The monoisotopic (exact) mass is 871 g/mol. The van der Waals surface area contributed by atoms with Crippen molar-refractivity contribution < 1.29 is 38.0 Å². The maximum Gasteiger partial charge on any atom is 0.351 e. The van der Waals surface area contributed by atoms with E-state index >= 15 is 0 Å². The van der Waals surface area contributed by atoms with E-state index in [2.05, 4.69) is 10.3 Å². The van der Waals surface area contributed by atoms with Gasteiger partial charge >= 0.3 is 11.7 Å². The molecule has 65 heavy (non-hydrogen) atoms. The molecule has 12 nitrogen and oxygen atoms in total. The largest absolute Gasteiger partial charge is 0.451 e. The smallest absolute Gasteiger partial charge is 0.351 e. The second-order valence-electron chi connectivity index (χ2n) is 15.4. The highest BCUT2D eigenvalue weighted by atomic mass is 16.6. The summed E-state index contributed by atoms with van der Waals surface area (Å²) >= 11 is 0. The number of carbonyl (C=O) groups is 2. The molecule has 0 bridgehead atoms. The van der Waals surface area contributed by atoms with E-state index in [1.807, 2.05) is 121 Å². The Bertz CT molecular complexity index is 2600. The van der Waals surface area contributed by atoms with E-state index in [1.165, 1.54) is 16.8 Å². The molecule has 1 aromatic heterocycles. The Hall–Kier alpha value is -7.06. The lowest BCUT2D eigenvalue weighted by Gasteiger charge is -2.36. The van der Waals surface area contributed by atoms with Crippen LogP contribution in [0.25, 0.3) is 0 Å². The topological polar surface area (TPSA) is 136 Å². The lowest BCUT2D eigenvalue weighted by molar-refractivity contribution is -0.185. The van der Waals surface area contributed by atoms with E-state index < -0.39 is 54.3 Å². The summed E-state index contributed by atoms with van der Waals surface area (Å²) in [6, 6.07) is 57.3. The van der Waals surface area contributed by atoms with Crippen molar-refractivity contribution in [1.82, 2.24) is 9.55 Å². The Morgan fingerprint density at radius 3 is 1.45 bits per heavy atom. The van der Waals surface area contributed by atoms with E-state index in [0.717, 1.165) is 22.3 Å². The number of amides is 1. The molecule has 6 atom stereocenters. The Morgan fingerprint density at radius 1 is 0.523 bits per heavy atom. The summed E-state index contributed by atoms with van der Waals surface area (Å²) in [6.45, 7) is 0.553. The molecular formula is C53H49N3O9. The molecule has 0 radical (unpaired) electrons. The molecule has 1 amide bonds. The van der Waals surface area contributed by atoms with Crippen molar-refractivity contribution in [3.8, 4) is 0 Å². The zero-order valence-electron chi connectivity index (χ0n) is 35.5. The summed E-state index contributed by atoms with van der Waals surface area (Å²) in [5.74, 6) is -1.12. The van der Waals surface area contributed by atoms with Crippen molar-refractivity contribution in [2.24, 2.45) is 0 Å². The van der Waals surface area contributed by atoms with E-state index in [-0.39, 0.29) is 44.4 Å². The molecule has 7 aromatic rings. The maximum absolute atomic E-state index is 14.4. The van der Waals surface area contributed by atoms with Crippen LogP contribution < -0.4 is 11.0 Å². The number of aromatic nitrogens is 2. The van der Waals surface area contributed by atoms with Crippen LogP contribution in [0, 0.1) is 0 Å². The highest BCUT2D eigenvalue weighted by molar-refractivity contribution is 6.03. The summed E-state index contributed by atoms with van der Waals surface area (Å²) < 4.78 is 42.0. The van der Waals surface area contributed by atoms with Gasteiger partial charge in [0.15, 0.2) is 12.3 Å². The first kappa shape index (κ1) is 44.5. The Morgan fingerprint density at radius 2 is 0.954 bits per heavy atom. The molecule has 12 heteroatoms. The van der Waals surface area contributed by atoms with Crippen LogP contribution in [0.15, 0.2) is 199 Å². The predicted octanol–water partition coefficient (Wildman–Crippen LogP) is 8.59. The van der Waals surface area contributed by atoms with E-state index in [4.69, 9.17) is 28.4 Å². The predicted molar refractivity (Wildman–Crippen MR) is 244 cm³/mol. The van der Waals surface area contributed by atoms with Gasteiger partial charge in [-0.05, 0) is 52.6 Å². The molecule has 1 aliphatic heterocycles. The summed E-state index contributed by atoms with van der Waals surface area (Å²) in [5, 5.41) is 2.71. The average molecular weight is 872 g/mol. The van der Waals surface area contributed by atoms with E-state index in [1.54, 1.807) is 60.7 Å². The third-order valence-electron chi connectivity index (χ3n) is 10.8. The highest BCUT2D eigenvalue weighted by Crippen LogP contribution is 2.36. The Balaban J connectivity index is 1.25. The molecule has 1 fully saturated rings. The van der Waals surface area contributed by atoms with Crippen molar-refractivity contribution in [2.45, 2.75) is 63.2 Å². The van der Waals surface area contributed by atoms with Crippen LogP contribution in [-0.4, -0.2) is 58.6 Å². The molecule has 8 rings (SSSR count). The van der Waals surface area contributed by atoms with Crippen molar-refractivity contribution in [3.63, 3.8) is 0 Å². The molecule has 6 aromatic carbocycles. The number of hydrogen-bond acceptors (Lipinski definition) is 10. The van der Waals surface area contributed by atoms with Crippen LogP contribution in [0.3, 0.4) is 0 Å². The van der Waals surface area contributed by atoms with Gasteiger partial charge < -0.3 is 33.7 Å². The number of anilines is 1. The minimum atomic E-state index is -1.39. The van der Waals surface area contributed by atoms with Gasteiger partial charge in [-0.1, -0.05) is 158 Å². The van der Waals surface area contributed by atoms with Gasteiger partial charge in [-0.25, -0.2) is 9.59 Å². The maximum atomic E-state index is 14.4. The molecule has 0 aliphatic carbocycles. The van der Waals surface area contributed by atoms with Gasteiger partial charge in [0, 0.05) is 11.8 Å². The van der Waals surface area contributed by atoms with E-state index in [0.29, 0.717) is 5.56 Å². The minimum Gasteiger partial charge on any atom is -0.451 e. The number of carbonyl (C=O) groups excluding carboxylic acids is 2. The van der Waals surface area contributed by atoms with Gasteiger partial charge in [-0.15, -0.1) is 0 Å². The molecular weight excluding hydrogens is 823 g/mol. The van der Waals surface area contributed by atoms with Gasteiger partial charge in [-0.2, -0.15) is 4.98 Å². The fourth-order valence-corrected chi connectivity index (χ4v) is 7.53. The lowest BCUT2D eigenvalue weighted by Crippen LogP contribution is -2.52. The summed E-state index contributed by atoms with van der Waals surface area (Å²) in [4.78, 5) is 46.1. The SMILES string of the molecule is O=C(Nc1ccn([C@@H]2O[C@H](COCc3ccccc3)[C@H](OCc3ccccc3)[C@H](OCc3ccccc3)[C@@H](OCc3ccccc3)[C@H]2OC(=O)c2ccccc2)c(=O)n1)c1ccccc1. The Kier molecular flexibility index (Phi) is 15.4. The van der Waals surface area contributed by atoms with Gasteiger partial charge in [0.25, 0.3) is 5.91 Å². The number of benzene rings is 6.